The number of benzene rings is 1. The summed E-state index contributed by atoms with van der Waals surface area (Å²) >= 11 is 0. The van der Waals surface area contributed by atoms with Crippen molar-refractivity contribution in [3.8, 4) is 5.75 Å². The summed E-state index contributed by atoms with van der Waals surface area (Å²) in [6.45, 7) is 2.77. The van der Waals surface area contributed by atoms with Crippen LogP contribution in [0.15, 0.2) is 42.9 Å². The zero-order valence-corrected chi connectivity index (χ0v) is 15.4. The van der Waals surface area contributed by atoms with E-state index in [1.165, 1.54) is 0 Å². The molecule has 1 aliphatic heterocycles. The van der Waals surface area contributed by atoms with E-state index in [1.807, 2.05) is 18.2 Å². The fourth-order valence-electron chi connectivity index (χ4n) is 3.31. The van der Waals surface area contributed by atoms with Crippen molar-refractivity contribution in [1.82, 2.24) is 19.9 Å². The third-order valence-electron chi connectivity index (χ3n) is 4.91. The van der Waals surface area contributed by atoms with Crippen molar-refractivity contribution in [2.75, 3.05) is 31.2 Å². The minimum atomic E-state index is 0.253. The second-order valence-electron chi connectivity index (χ2n) is 6.97. The maximum Gasteiger partial charge on any atom is 0.223 e. The summed E-state index contributed by atoms with van der Waals surface area (Å²) in [5.74, 6) is 1.86. The Kier molecular flexibility index (Phi) is 5.02. The Morgan fingerprint density at radius 3 is 2.70 bits per heavy atom. The van der Waals surface area contributed by atoms with Gasteiger partial charge in [-0.3, -0.25) is 0 Å². The van der Waals surface area contributed by atoms with E-state index < -0.39 is 0 Å². The highest BCUT2D eigenvalue weighted by Crippen LogP contribution is 2.21. The Bertz CT molecular complexity index is 906. The molecular formula is C20H24N6O. The lowest BCUT2D eigenvalue weighted by Crippen LogP contribution is -2.35. The number of hydrogen-bond donors (Lipinski definition) is 2. The minimum absolute atomic E-state index is 0.253. The molecule has 0 bridgehead atoms. The van der Waals surface area contributed by atoms with Crippen LogP contribution in [-0.4, -0.2) is 46.1 Å². The zero-order valence-electron chi connectivity index (χ0n) is 15.4. The zero-order chi connectivity index (χ0) is 18.6. The number of ether oxygens (including phenoxy) is 1. The lowest BCUT2D eigenvalue weighted by molar-refractivity contribution is 0.113. The highest BCUT2D eigenvalue weighted by atomic mass is 16.5. The van der Waals surface area contributed by atoms with Crippen LogP contribution < -0.4 is 15.8 Å². The predicted molar refractivity (Wildman–Crippen MR) is 107 cm³/mol. The summed E-state index contributed by atoms with van der Waals surface area (Å²) in [7, 11) is 2.14. The van der Waals surface area contributed by atoms with Gasteiger partial charge in [0.1, 0.15) is 11.9 Å². The molecule has 3 heterocycles. The van der Waals surface area contributed by atoms with E-state index in [1.54, 1.807) is 18.6 Å². The number of aromatic nitrogens is 3. The van der Waals surface area contributed by atoms with Gasteiger partial charge < -0.3 is 20.7 Å². The van der Waals surface area contributed by atoms with Crippen molar-refractivity contribution in [3.05, 3.63) is 48.4 Å². The van der Waals surface area contributed by atoms with E-state index in [-0.39, 0.29) is 6.10 Å². The number of anilines is 2. The molecule has 0 atom stereocenters. The summed E-state index contributed by atoms with van der Waals surface area (Å²) in [5, 5.41) is 5.28. The van der Waals surface area contributed by atoms with Gasteiger partial charge in [0.05, 0.1) is 12.4 Å². The average molecular weight is 364 g/mol. The largest absolute Gasteiger partial charge is 0.487 e. The maximum atomic E-state index is 5.98. The van der Waals surface area contributed by atoms with E-state index in [0.29, 0.717) is 18.3 Å². The molecule has 140 valence electrons. The Labute approximate surface area is 158 Å². The highest BCUT2D eigenvalue weighted by molar-refractivity contribution is 5.91. The molecule has 7 nitrogen and oxygen atoms in total. The van der Waals surface area contributed by atoms with Gasteiger partial charge in [-0.05, 0) is 43.0 Å². The van der Waals surface area contributed by atoms with Crippen LogP contribution >= 0.6 is 0 Å². The molecule has 2 aromatic heterocycles. The summed E-state index contributed by atoms with van der Waals surface area (Å²) in [6, 6.07) is 8.08. The van der Waals surface area contributed by atoms with Gasteiger partial charge in [0.2, 0.25) is 5.95 Å². The molecule has 27 heavy (non-hydrogen) atoms. The van der Waals surface area contributed by atoms with Crippen molar-refractivity contribution in [2.24, 2.45) is 0 Å². The van der Waals surface area contributed by atoms with Gasteiger partial charge in [-0.15, -0.1) is 0 Å². The third-order valence-corrected chi connectivity index (χ3v) is 4.91. The minimum Gasteiger partial charge on any atom is -0.487 e. The van der Waals surface area contributed by atoms with Gasteiger partial charge >= 0.3 is 0 Å². The molecule has 0 aliphatic carbocycles. The number of rotatable bonds is 5. The first-order valence-corrected chi connectivity index (χ1v) is 9.21. The van der Waals surface area contributed by atoms with E-state index in [4.69, 9.17) is 10.5 Å². The van der Waals surface area contributed by atoms with Gasteiger partial charge in [0, 0.05) is 31.2 Å². The van der Waals surface area contributed by atoms with Gasteiger partial charge in [-0.25, -0.2) is 15.0 Å². The predicted octanol–water partition coefficient (Wildman–Crippen LogP) is 2.69. The standard InChI is InChI=1S/C20H24N6O/c1-26-8-5-16(6-9-26)27-17-12-24-20(25-13-17)23-11-14-2-3-18-15(10-14)4-7-22-19(18)21/h2-4,7,10,12-13,16H,5-6,8-9,11H2,1H3,(H2,21,22)(H,23,24,25). The normalized spacial score (nSPS) is 15.7. The van der Waals surface area contributed by atoms with Crippen LogP contribution in [0.1, 0.15) is 18.4 Å². The van der Waals surface area contributed by atoms with Crippen LogP contribution in [0.3, 0.4) is 0 Å². The van der Waals surface area contributed by atoms with E-state index in [0.717, 1.165) is 48.0 Å². The second kappa shape index (κ2) is 7.75. The molecule has 1 fully saturated rings. The van der Waals surface area contributed by atoms with Crippen molar-refractivity contribution < 1.29 is 4.74 Å². The molecule has 0 amide bonds. The van der Waals surface area contributed by atoms with E-state index in [2.05, 4.69) is 38.3 Å². The number of nitrogens with zero attached hydrogens (tertiary/aromatic N) is 4. The van der Waals surface area contributed by atoms with Crippen LogP contribution in [0, 0.1) is 0 Å². The van der Waals surface area contributed by atoms with E-state index >= 15 is 0 Å². The molecule has 7 heteroatoms. The maximum absolute atomic E-state index is 5.98. The monoisotopic (exact) mass is 364 g/mol. The van der Waals surface area contributed by atoms with Gasteiger partial charge in [-0.2, -0.15) is 0 Å². The fourth-order valence-corrected chi connectivity index (χ4v) is 3.31. The third kappa shape index (κ3) is 4.25. The smallest absolute Gasteiger partial charge is 0.223 e. The Balaban J connectivity index is 1.35. The molecule has 3 aromatic rings. The molecule has 0 saturated carbocycles. The van der Waals surface area contributed by atoms with Gasteiger partial charge in [-0.1, -0.05) is 12.1 Å². The SMILES string of the molecule is CN1CCC(Oc2cnc(NCc3ccc4c(N)nccc4c3)nc2)CC1. The van der Waals surface area contributed by atoms with Crippen LogP contribution in [0.25, 0.3) is 10.8 Å². The number of nitrogens with one attached hydrogen (secondary N) is 1. The molecular weight excluding hydrogens is 340 g/mol. The molecule has 1 aromatic carbocycles. The first-order chi connectivity index (χ1) is 13.2. The van der Waals surface area contributed by atoms with Crippen LogP contribution in [0.5, 0.6) is 5.75 Å². The Morgan fingerprint density at radius 1 is 1.15 bits per heavy atom. The quantitative estimate of drug-likeness (QED) is 0.719. The first kappa shape index (κ1) is 17.5. The number of piperidine rings is 1. The lowest BCUT2D eigenvalue weighted by atomic mass is 10.1. The number of fused-ring (bicyclic) bond motifs is 1. The molecule has 0 radical (unpaired) electrons. The molecule has 0 unspecified atom stereocenters. The van der Waals surface area contributed by atoms with Crippen molar-refractivity contribution in [1.29, 1.82) is 0 Å². The summed E-state index contributed by atoms with van der Waals surface area (Å²) < 4.78 is 5.98. The Hall–Kier alpha value is -2.93. The van der Waals surface area contributed by atoms with Crippen molar-refractivity contribution in [2.45, 2.75) is 25.5 Å². The Morgan fingerprint density at radius 2 is 1.93 bits per heavy atom. The molecule has 1 saturated heterocycles. The first-order valence-electron chi connectivity index (χ1n) is 9.21. The topological polar surface area (TPSA) is 89.2 Å². The highest BCUT2D eigenvalue weighted by Gasteiger charge is 2.18. The average Bonchev–Trinajstić information content (AvgIpc) is 2.69. The molecule has 0 spiro atoms. The van der Waals surface area contributed by atoms with E-state index in [9.17, 15) is 0 Å². The lowest BCUT2D eigenvalue weighted by Gasteiger charge is -2.29. The van der Waals surface area contributed by atoms with Crippen molar-refractivity contribution >= 4 is 22.5 Å². The number of hydrogen-bond acceptors (Lipinski definition) is 7. The molecule has 3 N–H and O–H groups in total. The van der Waals surface area contributed by atoms with Gasteiger partial charge in [0.25, 0.3) is 0 Å². The number of nitrogens with two attached hydrogens (primary N) is 1. The number of nitrogen functional groups attached to an aromatic ring is 1. The van der Waals surface area contributed by atoms with Crippen molar-refractivity contribution in [3.63, 3.8) is 0 Å². The number of likely N-dealkylation sites (tertiary alicyclic amines) is 1. The van der Waals surface area contributed by atoms with Crippen LogP contribution in [0.4, 0.5) is 11.8 Å². The summed E-state index contributed by atoms with van der Waals surface area (Å²) in [4.78, 5) is 15.2. The summed E-state index contributed by atoms with van der Waals surface area (Å²) in [5.41, 5.74) is 7.03. The molecule has 1 aliphatic rings. The molecule has 4 rings (SSSR count). The van der Waals surface area contributed by atoms with Crippen LogP contribution in [-0.2, 0) is 6.54 Å². The number of pyridine rings is 1. The van der Waals surface area contributed by atoms with Crippen LogP contribution in [0.2, 0.25) is 0 Å². The summed E-state index contributed by atoms with van der Waals surface area (Å²) in [6.07, 6.45) is 7.53. The second-order valence-corrected chi connectivity index (χ2v) is 6.97. The van der Waals surface area contributed by atoms with Gasteiger partial charge in [0.15, 0.2) is 5.75 Å². The fraction of sp³-hybridized carbons (Fsp3) is 0.350.